The summed E-state index contributed by atoms with van der Waals surface area (Å²) in [6.07, 6.45) is 8.06. The van der Waals surface area contributed by atoms with Crippen LogP contribution in [0.3, 0.4) is 0 Å². The number of esters is 1. The zero-order chi connectivity index (χ0) is 21.5. The molecule has 6 heteroatoms. The highest BCUT2D eigenvalue weighted by atomic mass is 16.5. The third-order valence-electron chi connectivity index (χ3n) is 5.73. The first kappa shape index (κ1) is 22.1. The van der Waals surface area contributed by atoms with Crippen LogP contribution in [-0.2, 0) is 11.3 Å². The summed E-state index contributed by atoms with van der Waals surface area (Å²) in [5, 5.41) is 0. The van der Waals surface area contributed by atoms with Crippen molar-refractivity contribution in [3.8, 4) is 0 Å². The number of rotatable bonds is 11. The number of carbonyl (C=O) groups excluding carboxylic acids is 1. The van der Waals surface area contributed by atoms with Crippen molar-refractivity contribution >= 4 is 34.0 Å². The lowest BCUT2D eigenvalue weighted by Crippen LogP contribution is -2.14. The van der Waals surface area contributed by atoms with Crippen LogP contribution in [0, 0.1) is 5.92 Å². The molecule has 3 aromatic rings. The van der Waals surface area contributed by atoms with E-state index in [4.69, 9.17) is 20.4 Å². The largest absolute Gasteiger partial charge is 0.462 e. The van der Waals surface area contributed by atoms with Gasteiger partial charge in [0.05, 0.1) is 17.6 Å². The fraction of sp³-hybridized carbons (Fsp3) is 0.542. The van der Waals surface area contributed by atoms with Crippen LogP contribution in [0.25, 0.3) is 22.2 Å². The van der Waals surface area contributed by atoms with Gasteiger partial charge in [0.2, 0.25) is 0 Å². The Balaban J connectivity index is 1.92. The minimum atomic E-state index is -0.413. The number of nitrogens with zero attached hydrogens (tertiary/aromatic N) is 3. The molecule has 0 aliphatic rings. The quantitative estimate of drug-likeness (QED) is 0.322. The molecule has 1 unspecified atom stereocenters. The second kappa shape index (κ2) is 10.4. The minimum Gasteiger partial charge on any atom is -0.462 e. The maximum Gasteiger partial charge on any atom is 0.344 e. The van der Waals surface area contributed by atoms with Crippen molar-refractivity contribution in [3.63, 3.8) is 0 Å². The molecule has 162 valence electrons. The number of hydrogen-bond donors (Lipinski definition) is 1. The molecule has 0 saturated carbocycles. The summed E-state index contributed by atoms with van der Waals surface area (Å²) in [5.41, 5.74) is 9.55. The van der Waals surface area contributed by atoms with E-state index in [1.807, 2.05) is 28.8 Å². The third kappa shape index (κ3) is 4.91. The molecule has 0 bridgehead atoms. The number of fused-ring (bicyclic) bond motifs is 2. The lowest BCUT2D eigenvalue weighted by Gasteiger charge is -2.10. The summed E-state index contributed by atoms with van der Waals surface area (Å²) in [5.74, 6) is 0.297. The van der Waals surface area contributed by atoms with Crippen molar-refractivity contribution in [2.75, 3.05) is 12.3 Å². The molecule has 0 saturated heterocycles. The smallest absolute Gasteiger partial charge is 0.344 e. The van der Waals surface area contributed by atoms with Gasteiger partial charge in [-0.25, -0.2) is 14.8 Å². The second-order valence-electron chi connectivity index (χ2n) is 8.18. The molecule has 30 heavy (non-hydrogen) atoms. The second-order valence-corrected chi connectivity index (χ2v) is 8.18. The van der Waals surface area contributed by atoms with Crippen molar-refractivity contribution in [1.82, 2.24) is 14.5 Å². The van der Waals surface area contributed by atoms with Gasteiger partial charge >= 0.3 is 5.97 Å². The number of benzene rings is 1. The lowest BCUT2D eigenvalue weighted by molar-refractivity contribution is 0.0450. The van der Waals surface area contributed by atoms with Crippen LogP contribution in [0.4, 0.5) is 5.82 Å². The Morgan fingerprint density at radius 3 is 2.43 bits per heavy atom. The first-order valence-corrected chi connectivity index (χ1v) is 11.3. The van der Waals surface area contributed by atoms with Gasteiger partial charge in [-0.3, -0.25) is 0 Å². The Bertz CT molecular complexity index is 996. The van der Waals surface area contributed by atoms with E-state index in [0.717, 1.165) is 36.8 Å². The number of para-hydroxylation sites is 2. The zero-order valence-electron chi connectivity index (χ0n) is 18.5. The Kier molecular flexibility index (Phi) is 7.66. The molecular weight excluding hydrogens is 376 g/mol. The number of carbonyl (C=O) groups is 1. The normalized spacial score (nSPS) is 12.5. The molecule has 2 heterocycles. The van der Waals surface area contributed by atoms with E-state index >= 15 is 0 Å². The highest BCUT2D eigenvalue weighted by Crippen LogP contribution is 2.29. The highest BCUT2D eigenvalue weighted by molar-refractivity contribution is 6.08. The zero-order valence-corrected chi connectivity index (χ0v) is 18.5. The van der Waals surface area contributed by atoms with Crippen LogP contribution in [-0.4, -0.2) is 27.1 Å². The molecule has 0 fully saturated rings. The Labute approximate surface area is 178 Å². The monoisotopic (exact) mass is 410 g/mol. The third-order valence-corrected chi connectivity index (χ3v) is 5.73. The molecule has 0 radical (unpaired) electrons. The van der Waals surface area contributed by atoms with E-state index in [2.05, 4.69) is 20.8 Å². The maximum atomic E-state index is 12.9. The average Bonchev–Trinajstić information content (AvgIpc) is 3.03. The van der Waals surface area contributed by atoms with E-state index in [-0.39, 0.29) is 0 Å². The van der Waals surface area contributed by atoms with Crippen molar-refractivity contribution in [2.24, 2.45) is 5.92 Å². The van der Waals surface area contributed by atoms with Crippen LogP contribution in [0.2, 0.25) is 0 Å². The van der Waals surface area contributed by atoms with Gasteiger partial charge < -0.3 is 15.0 Å². The van der Waals surface area contributed by atoms with Crippen LogP contribution >= 0.6 is 0 Å². The summed E-state index contributed by atoms with van der Waals surface area (Å²) in [6, 6.07) is 7.69. The molecule has 3 rings (SSSR count). The molecule has 2 aromatic heterocycles. The van der Waals surface area contributed by atoms with Gasteiger partial charge in [0.25, 0.3) is 0 Å². The summed E-state index contributed by atoms with van der Waals surface area (Å²) in [4.78, 5) is 22.4. The molecule has 2 N–H and O–H groups in total. The molecule has 0 aliphatic heterocycles. The SMILES string of the molecule is CCCCCCCCn1c(N)c(C(=O)OCC(C)CC)c2nc3ccccc3nc21. The number of ether oxygens (including phenoxy) is 1. The number of hydrogen-bond acceptors (Lipinski definition) is 5. The van der Waals surface area contributed by atoms with E-state index < -0.39 is 5.97 Å². The maximum absolute atomic E-state index is 12.9. The van der Waals surface area contributed by atoms with Gasteiger partial charge in [0.1, 0.15) is 16.9 Å². The topological polar surface area (TPSA) is 83.0 Å². The van der Waals surface area contributed by atoms with Gasteiger partial charge in [-0.15, -0.1) is 0 Å². The number of aromatic nitrogens is 3. The fourth-order valence-electron chi connectivity index (χ4n) is 3.60. The summed E-state index contributed by atoms with van der Waals surface area (Å²) >= 11 is 0. The van der Waals surface area contributed by atoms with Crippen molar-refractivity contribution in [3.05, 3.63) is 29.8 Å². The van der Waals surface area contributed by atoms with E-state index in [1.165, 1.54) is 25.7 Å². The van der Waals surface area contributed by atoms with Gasteiger partial charge in [0, 0.05) is 6.54 Å². The standard InChI is InChI=1S/C24H34N4O2/c1-4-6-7-8-9-12-15-28-22(25)20(24(29)30-16-17(3)5-2)21-23(28)27-19-14-11-10-13-18(19)26-21/h10-11,13-14,17H,4-9,12,15-16,25H2,1-3H3. The van der Waals surface area contributed by atoms with Crippen LogP contribution in [0.5, 0.6) is 0 Å². The molecule has 0 amide bonds. The van der Waals surface area contributed by atoms with Gasteiger partial charge in [0.15, 0.2) is 5.65 Å². The van der Waals surface area contributed by atoms with Gasteiger partial charge in [-0.2, -0.15) is 0 Å². The number of unbranched alkanes of at least 4 members (excludes halogenated alkanes) is 5. The molecular formula is C24H34N4O2. The van der Waals surface area contributed by atoms with Gasteiger partial charge in [-0.05, 0) is 24.5 Å². The van der Waals surface area contributed by atoms with Gasteiger partial charge in [-0.1, -0.05) is 71.4 Å². The van der Waals surface area contributed by atoms with Crippen LogP contribution in [0.1, 0.15) is 76.1 Å². The van der Waals surface area contributed by atoms with E-state index in [1.54, 1.807) is 0 Å². The number of nitrogen functional groups attached to an aromatic ring is 1. The van der Waals surface area contributed by atoms with Crippen molar-refractivity contribution < 1.29 is 9.53 Å². The Morgan fingerprint density at radius 2 is 1.73 bits per heavy atom. The first-order chi connectivity index (χ1) is 14.6. The van der Waals surface area contributed by atoms with E-state index in [0.29, 0.717) is 35.1 Å². The van der Waals surface area contributed by atoms with Crippen LogP contribution < -0.4 is 5.73 Å². The highest BCUT2D eigenvalue weighted by Gasteiger charge is 2.25. The molecule has 0 aliphatic carbocycles. The van der Waals surface area contributed by atoms with Crippen LogP contribution in [0.15, 0.2) is 24.3 Å². The molecule has 1 atom stereocenters. The number of aryl methyl sites for hydroxylation is 1. The summed E-state index contributed by atoms with van der Waals surface area (Å²) in [6.45, 7) is 7.46. The first-order valence-electron chi connectivity index (χ1n) is 11.3. The summed E-state index contributed by atoms with van der Waals surface area (Å²) in [7, 11) is 0. The van der Waals surface area contributed by atoms with Crippen molar-refractivity contribution in [1.29, 1.82) is 0 Å². The predicted octanol–water partition coefficient (Wildman–Crippen LogP) is 5.73. The number of nitrogens with two attached hydrogens (primary N) is 1. The minimum absolute atomic E-state index is 0.304. The van der Waals surface area contributed by atoms with Crippen molar-refractivity contribution in [2.45, 2.75) is 72.3 Å². The van der Waals surface area contributed by atoms with E-state index in [9.17, 15) is 4.79 Å². The predicted molar refractivity (Wildman–Crippen MR) is 123 cm³/mol. The lowest BCUT2D eigenvalue weighted by atomic mass is 10.1. The summed E-state index contributed by atoms with van der Waals surface area (Å²) < 4.78 is 7.50. The average molecular weight is 411 g/mol. The number of anilines is 1. The molecule has 6 nitrogen and oxygen atoms in total. The molecule has 1 aromatic carbocycles. The fourth-order valence-corrected chi connectivity index (χ4v) is 3.60. The Morgan fingerprint density at radius 1 is 1.07 bits per heavy atom. The Hall–Kier alpha value is -2.63. The molecule has 0 spiro atoms.